The lowest BCUT2D eigenvalue weighted by atomic mass is 9.89. The van der Waals surface area contributed by atoms with Crippen molar-refractivity contribution in [3.8, 4) is 0 Å². The Kier molecular flexibility index (Phi) is 9.98. The van der Waals surface area contributed by atoms with Crippen molar-refractivity contribution in [2.24, 2.45) is 0 Å². The van der Waals surface area contributed by atoms with Gasteiger partial charge in [0.1, 0.15) is 17.7 Å². The second kappa shape index (κ2) is 12.1. The zero-order valence-electron chi connectivity index (χ0n) is 23.8. The first-order valence-corrected chi connectivity index (χ1v) is 13.4. The molecule has 3 amide bonds. The highest BCUT2D eigenvalue weighted by molar-refractivity contribution is 5.92. The molecular weight excluding hydrogens is 454 g/mol. The molecule has 2 atom stereocenters. The van der Waals surface area contributed by atoms with Gasteiger partial charge in [0.15, 0.2) is 0 Å². The van der Waals surface area contributed by atoms with Crippen LogP contribution < -0.4 is 10.6 Å². The summed E-state index contributed by atoms with van der Waals surface area (Å²) in [4.78, 5) is 42.1. The van der Waals surface area contributed by atoms with Gasteiger partial charge in [-0.15, -0.1) is 0 Å². The number of aryl methyl sites for hydroxylation is 2. The number of rotatable bonds is 8. The van der Waals surface area contributed by atoms with Gasteiger partial charge in [0.2, 0.25) is 11.8 Å². The molecular formula is C29H47N3O4. The number of carbonyl (C=O) groups excluding carboxylic acids is 3. The molecule has 2 rings (SSSR count). The number of nitrogens with one attached hydrogen (secondary N) is 2. The normalized spacial score (nSPS) is 16.6. The molecule has 1 aliphatic carbocycles. The van der Waals surface area contributed by atoms with Gasteiger partial charge < -0.3 is 20.3 Å². The molecule has 0 saturated heterocycles. The Morgan fingerprint density at radius 3 is 2.19 bits per heavy atom. The van der Waals surface area contributed by atoms with Gasteiger partial charge >= 0.3 is 6.09 Å². The lowest BCUT2D eigenvalue weighted by molar-refractivity contribution is -0.149. The summed E-state index contributed by atoms with van der Waals surface area (Å²) in [6.45, 7) is 16.9. The fourth-order valence-corrected chi connectivity index (χ4v) is 4.76. The number of ether oxygens (including phenoxy) is 1. The Bertz CT molecular complexity index is 929. The van der Waals surface area contributed by atoms with E-state index in [0.717, 1.165) is 42.4 Å². The van der Waals surface area contributed by atoms with E-state index in [1.807, 2.05) is 52.8 Å². The quantitative estimate of drug-likeness (QED) is 0.477. The molecule has 2 N–H and O–H groups in total. The van der Waals surface area contributed by atoms with E-state index >= 15 is 0 Å². The molecule has 1 aromatic rings. The summed E-state index contributed by atoms with van der Waals surface area (Å²) in [5, 5.41) is 5.94. The lowest BCUT2D eigenvalue weighted by Crippen LogP contribution is -2.59. The first kappa shape index (κ1) is 29.7. The van der Waals surface area contributed by atoms with E-state index in [-0.39, 0.29) is 17.9 Å². The molecule has 202 valence electrons. The summed E-state index contributed by atoms with van der Waals surface area (Å²) in [5.41, 5.74) is 1.52. The second-order valence-electron chi connectivity index (χ2n) is 11.8. The predicted molar refractivity (Wildman–Crippen MR) is 144 cm³/mol. The molecule has 7 nitrogen and oxygen atoms in total. The molecule has 0 heterocycles. The third-order valence-electron chi connectivity index (χ3n) is 7.04. The molecule has 0 bridgehead atoms. The Hall–Kier alpha value is -2.57. The van der Waals surface area contributed by atoms with Crippen molar-refractivity contribution in [2.75, 3.05) is 0 Å². The van der Waals surface area contributed by atoms with Crippen molar-refractivity contribution in [3.63, 3.8) is 0 Å². The number of amides is 3. The van der Waals surface area contributed by atoms with E-state index in [9.17, 15) is 14.4 Å². The topological polar surface area (TPSA) is 87.7 Å². The van der Waals surface area contributed by atoms with E-state index in [1.54, 1.807) is 32.6 Å². The molecule has 1 aromatic carbocycles. The van der Waals surface area contributed by atoms with Crippen LogP contribution in [0.4, 0.5) is 4.79 Å². The minimum absolute atomic E-state index is 0.110. The summed E-state index contributed by atoms with van der Waals surface area (Å²) >= 11 is 0. The molecule has 1 fully saturated rings. The highest BCUT2D eigenvalue weighted by Gasteiger charge is 2.43. The number of alkyl carbamates (subject to hydrolysis) is 1. The van der Waals surface area contributed by atoms with Crippen LogP contribution in [0.3, 0.4) is 0 Å². The largest absolute Gasteiger partial charge is 0.444 e. The first-order valence-electron chi connectivity index (χ1n) is 13.4. The maximum absolute atomic E-state index is 14.0. The maximum Gasteiger partial charge on any atom is 0.408 e. The number of hydrogen-bond donors (Lipinski definition) is 2. The summed E-state index contributed by atoms with van der Waals surface area (Å²) in [6, 6.07) is 4.39. The van der Waals surface area contributed by atoms with Crippen LogP contribution in [0.1, 0.15) is 110 Å². The summed E-state index contributed by atoms with van der Waals surface area (Å²) in [7, 11) is 0. The zero-order valence-corrected chi connectivity index (χ0v) is 23.8. The maximum atomic E-state index is 14.0. The number of carbonyl (C=O) groups is 3. The Morgan fingerprint density at radius 1 is 1.06 bits per heavy atom. The Labute approximate surface area is 217 Å². The molecule has 0 aliphatic heterocycles. The number of hydrogen-bond acceptors (Lipinski definition) is 4. The van der Waals surface area contributed by atoms with Crippen molar-refractivity contribution in [1.82, 2.24) is 15.5 Å². The van der Waals surface area contributed by atoms with E-state index in [4.69, 9.17) is 4.74 Å². The van der Waals surface area contributed by atoms with Crippen molar-refractivity contribution < 1.29 is 19.1 Å². The molecule has 1 aliphatic rings. The van der Waals surface area contributed by atoms with Gasteiger partial charge in [0, 0.05) is 11.6 Å². The van der Waals surface area contributed by atoms with Crippen LogP contribution in [0.25, 0.3) is 0 Å². The summed E-state index contributed by atoms with van der Waals surface area (Å²) in [6.07, 6.45) is 5.26. The van der Waals surface area contributed by atoms with Gasteiger partial charge in [-0.2, -0.15) is 0 Å². The predicted octanol–water partition coefficient (Wildman–Crippen LogP) is 5.72. The van der Waals surface area contributed by atoms with Crippen LogP contribution in [0.2, 0.25) is 0 Å². The molecule has 0 spiro atoms. The van der Waals surface area contributed by atoms with Crippen LogP contribution in [0.5, 0.6) is 0 Å². The summed E-state index contributed by atoms with van der Waals surface area (Å²) in [5.74, 6) is -0.496. The second-order valence-corrected chi connectivity index (χ2v) is 11.8. The Balaban J connectivity index is 2.50. The van der Waals surface area contributed by atoms with Crippen molar-refractivity contribution in [2.45, 2.75) is 130 Å². The Morgan fingerprint density at radius 2 is 1.67 bits per heavy atom. The third-order valence-corrected chi connectivity index (χ3v) is 7.04. The average molecular weight is 502 g/mol. The van der Waals surface area contributed by atoms with Gasteiger partial charge in [0.05, 0.1) is 0 Å². The fourth-order valence-electron chi connectivity index (χ4n) is 4.76. The molecule has 7 heteroatoms. The minimum Gasteiger partial charge on any atom is -0.444 e. The van der Waals surface area contributed by atoms with E-state index < -0.39 is 29.3 Å². The van der Waals surface area contributed by atoms with Crippen molar-refractivity contribution >= 4 is 17.9 Å². The van der Waals surface area contributed by atoms with Gasteiger partial charge in [-0.1, -0.05) is 49.9 Å². The van der Waals surface area contributed by atoms with Gasteiger partial charge in [-0.25, -0.2) is 4.79 Å². The SMILES string of the molecule is CCC(C)(C)N(C(=O)C(C)NC(=O)OC(C)(C)C)C(C(=O)NC1CCCCC1)c1ccc(C)cc1C. The summed E-state index contributed by atoms with van der Waals surface area (Å²) < 4.78 is 5.38. The number of nitrogens with zero attached hydrogens (tertiary/aromatic N) is 1. The van der Waals surface area contributed by atoms with Gasteiger partial charge in [-0.05, 0) is 85.8 Å². The van der Waals surface area contributed by atoms with Crippen LogP contribution >= 0.6 is 0 Å². The van der Waals surface area contributed by atoms with Crippen LogP contribution in [-0.2, 0) is 14.3 Å². The van der Waals surface area contributed by atoms with Crippen LogP contribution in [0, 0.1) is 13.8 Å². The van der Waals surface area contributed by atoms with Gasteiger partial charge in [-0.3, -0.25) is 9.59 Å². The van der Waals surface area contributed by atoms with Crippen molar-refractivity contribution in [3.05, 3.63) is 34.9 Å². The van der Waals surface area contributed by atoms with E-state index in [1.165, 1.54) is 6.42 Å². The van der Waals surface area contributed by atoms with Crippen LogP contribution in [-0.4, -0.2) is 46.0 Å². The highest BCUT2D eigenvalue weighted by atomic mass is 16.6. The monoisotopic (exact) mass is 501 g/mol. The number of benzene rings is 1. The zero-order chi connectivity index (χ0) is 27.3. The highest BCUT2D eigenvalue weighted by Crippen LogP contribution is 2.34. The standard InChI is InChI=1S/C29H47N3O4/c1-10-29(8,9)32(26(34)21(4)30-27(35)36-28(5,6)7)24(23-17-16-19(2)18-20(23)3)25(33)31-22-14-12-11-13-15-22/h16-18,21-22,24H,10-15H2,1-9H3,(H,30,35)(H,31,33). The van der Waals surface area contributed by atoms with Crippen LogP contribution in [0.15, 0.2) is 18.2 Å². The average Bonchev–Trinajstić information content (AvgIpc) is 2.76. The third kappa shape index (κ3) is 7.97. The van der Waals surface area contributed by atoms with E-state index in [0.29, 0.717) is 6.42 Å². The fraction of sp³-hybridized carbons (Fsp3) is 0.690. The molecule has 0 radical (unpaired) electrons. The smallest absolute Gasteiger partial charge is 0.408 e. The minimum atomic E-state index is -0.874. The molecule has 2 unspecified atom stereocenters. The van der Waals surface area contributed by atoms with Gasteiger partial charge in [0.25, 0.3) is 0 Å². The molecule has 0 aromatic heterocycles. The first-order chi connectivity index (χ1) is 16.7. The lowest BCUT2D eigenvalue weighted by Gasteiger charge is -2.45. The molecule has 1 saturated carbocycles. The van der Waals surface area contributed by atoms with Crippen molar-refractivity contribution in [1.29, 1.82) is 0 Å². The van der Waals surface area contributed by atoms with E-state index in [2.05, 4.69) is 10.6 Å². The molecule has 36 heavy (non-hydrogen) atoms.